The van der Waals surface area contributed by atoms with E-state index >= 15 is 0 Å². The Morgan fingerprint density at radius 3 is 2.58 bits per heavy atom. The number of hydrogen-bond acceptors (Lipinski definition) is 3. The topological polar surface area (TPSA) is 29.5 Å². The Kier molecular flexibility index (Phi) is 6.74. The number of hydrogen-bond donors (Lipinski definition) is 0. The Hall–Kier alpha value is -1.35. The smallest absolute Gasteiger partial charge is 0.167 e. The van der Waals surface area contributed by atoms with Crippen LogP contribution in [0.25, 0.3) is 0 Å². The first-order chi connectivity index (χ1) is 12.6. The molecule has 0 aromatic heterocycles. The van der Waals surface area contributed by atoms with Crippen LogP contribution in [-0.2, 0) is 4.79 Å². The summed E-state index contributed by atoms with van der Waals surface area (Å²) < 4.78 is 5.78. The van der Waals surface area contributed by atoms with E-state index < -0.39 is 0 Å². The fourth-order valence-electron chi connectivity index (χ4n) is 4.93. The van der Waals surface area contributed by atoms with Gasteiger partial charge in [0.05, 0.1) is 0 Å². The molecule has 1 heterocycles. The molecule has 1 aromatic carbocycles. The monoisotopic (exact) mass is 357 g/mol. The fraction of sp³-hybridized carbons (Fsp3) is 0.696. The fourth-order valence-corrected chi connectivity index (χ4v) is 4.93. The summed E-state index contributed by atoms with van der Waals surface area (Å²) in [5, 5.41) is 0. The highest BCUT2D eigenvalue weighted by Gasteiger charge is 2.34. The predicted octanol–water partition coefficient (Wildman–Crippen LogP) is 5.05. The van der Waals surface area contributed by atoms with Gasteiger partial charge in [0.2, 0.25) is 0 Å². The minimum atomic E-state index is 0.0754. The largest absolute Gasteiger partial charge is 0.486 e. The third kappa shape index (κ3) is 4.68. The molecular weight excluding hydrogens is 322 g/mol. The summed E-state index contributed by atoms with van der Waals surface area (Å²) in [4.78, 5) is 14.0. The molecule has 3 atom stereocenters. The van der Waals surface area contributed by atoms with Crippen LogP contribution in [0, 0.1) is 11.8 Å². The van der Waals surface area contributed by atoms with E-state index in [2.05, 4.69) is 30.9 Å². The van der Waals surface area contributed by atoms with Crippen LogP contribution in [0.1, 0.15) is 70.8 Å². The van der Waals surface area contributed by atoms with Crippen molar-refractivity contribution in [3.63, 3.8) is 0 Å². The van der Waals surface area contributed by atoms with Crippen molar-refractivity contribution >= 4 is 5.78 Å². The van der Waals surface area contributed by atoms with Gasteiger partial charge < -0.3 is 9.64 Å². The van der Waals surface area contributed by atoms with E-state index in [0.29, 0.717) is 5.92 Å². The summed E-state index contributed by atoms with van der Waals surface area (Å²) in [5.41, 5.74) is 1.29. The molecule has 0 bridgehead atoms. The van der Waals surface area contributed by atoms with Gasteiger partial charge >= 0.3 is 0 Å². The molecule has 0 N–H and O–H groups in total. The van der Waals surface area contributed by atoms with Gasteiger partial charge in [-0.2, -0.15) is 0 Å². The standard InChI is InChI=1S/C23H35NO2/c1-4-19-10-9-17(2)22(15-19)24-13-11-20(12-14-24)21-7-5-6-8-23(21)26-16-18(3)25/h5-8,17,19-20,22H,4,9-16H2,1-3H3/t17-,19-,22+/m1/s1. The maximum absolute atomic E-state index is 11.3. The first kappa shape index (κ1) is 19.4. The number of rotatable bonds is 6. The summed E-state index contributed by atoms with van der Waals surface area (Å²) >= 11 is 0. The molecule has 1 aromatic rings. The molecule has 2 fully saturated rings. The van der Waals surface area contributed by atoms with Crippen molar-refractivity contribution in [2.45, 2.75) is 71.3 Å². The van der Waals surface area contributed by atoms with Crippen LogP contribution in [0.3, 0.4) is 0 Å². The van der Waals surface area contributed by atoms with Crippen molar-refractivity contribution in [3.8, 4) is 5.75 Å². The van der Waals surface area contributed by atoms with Gasteiger partial charge in [-0.05, 0) is 75.1 Å². The summed E-state index contributed by atoms with van der Waals surface area (Å²) in [7, 11) is 0. The summed E-state index contributed by atoms with van der Waals surface area (Å²) in [6.45, 7) is 8.94. The maximum Gasteiger partial charge on any atom is 0.167 e. The van der Waals surface area contributed by atoms with Crippen LogP contribution in [0.2, 0.25) is 0 Å². The van der Waals surface area contributed by atoms with Crippen LogP contribution in [0.4, 0.5) is 0 Å². The van der Waals surface area contributed by atoms with Gasteiger partial charge in [0, 0.05) is 6.04 Å². The van der Waals surface area contributed by atoms with Crippen molar-refractivity contribution in [2.24, 2.45) is 11.8 Å². The van der Waals surface area contributed by atoms with E-state index in [9.17, 15) is 4.79 Å². The Morgan fingerprint density at radius 1 is 1.15 bits per heavy atom. The molecule has 1 aliphatic heterocycles. The average molecular weight is 358 g/mol. The van der Waals surface area contributed by atoms with Crippen LogP contribution in [-0.4, -0.2) is 36.4 Å². The van der Waals surface area contributed by atoms with Gasteiger partial charge in [0.25, 0.3) is 0 Å². The lowest BCUT2D eigenvalue weighted by molar-refractivity contribution is -0.118. The van der Waals surface area contributed by atoms with Crippen molar-refractivity contribution in [2.75, 3.05) is 19.7 Å². The third-order valence-corrected chi connectivity index (χ3v) is 6.63. The second kappa shape index (κ2) is 9.03. The molecule has 0 radical (unpaired) electrons. The third-order valence-electron chi connectivity index (χ3n) is 6.63. The average Bonchev–Trinajstić information content (AvgIpc) is 2.67. The van der Waals surface area contributed by atoms with Gasteiger partial charge in [-0.25, -0.2) is 0 Å². The quantitative estimate of drug-likeness (QED) is 0.713. The molecule has 1 saturated heterocycles. The number of Topliss-reactive ketones (excluding diaryl/α,β-unsaturated/α-hetero) is 1. The number of piperidine rings is 1. The first-order valence-corrected chi connectivity index (χ1v) is 10.5. The number of ether oxygens (including phenoxy) is 1. The molecule has 1 saturated carbocycles. The Bertz CT molecular complexity index is 592. The molecule has 3 nitrogen and oxygen atoms in total. The van der Waals surface area contributed by atoms with Gasteiger partial charge in [-0.15, -0.1) is 0 Å². The molecule has 3 rings (SSSR count). The summed E-state index contributed by atoms with van der Waals surface area (Å²) in [6, 6.07) is 9.07. The summed E-state index contributed by atoms with van der Waals surface area (Å²) in [6.07, 6.45) is 7.93. The van der Waals surface area contributed by atoms with Crippen LogP contribution in [0.15, 0.2) is 24.3 Å². The van der Waals surface area contributed by atoms with Crippen LogP contribution >= 0.6 is 0 Å². The number of nitrogens with zero attached hydrogens (tertiary/aromatic N) is 1. The SMILES string of the molecule is CC[C@@H]1CC[C@@H](C)[C@@H](N2CCC(c3ccccc3OCC(C)=O)CC2)C1. The lowest BCUT2D eigenvalue weighted by atomic mass is 9.76. The normalized spacial score (nSPS) is 28.0. The van der Waals surface area contributed by atoms with Gasteiger partial charge in [0.1, 0.15) is 12.4 Å². The highest BCUT2D eigenvalue weighted by atomic mass is 16.5. The van der Waals surface area contributed by atoms with Crippen molar-refractivity contribution in [1.29, 1.82) is 0 Å². The molecule has 144 valence electrons. The van der Waals surface area contributed by atoms with Gasteiger partial charge in [-0.1, -0.05) is 44.9 Å². The Labute approximate surface area is 159 Å². The van der Waals surface area contributed by atoms with Gasteiger partial charge in [0.15, 0.2) is 5.78 Å². The first-order valence-electron chi connectivity index (χ1n) is 10.5. The van der Waals surface area contributed by atoms with Crippen molar-refractivity contribution in [3.05, 3.63) is 29.8 Å². The van der Waals surface area contributed by atoms with E-state index in [4.69, 9.17) is 4.74 Å². The van der Waals surface area contributed by atoms with E-state index in [1.807, 2.05) is 12.1 Å². The number of likely N-dealkylation sites (tertiary alicyclic amines) is 1. The van der Waals surface area contributed by atoms with E-state index in [1.165, 1.54) is 57.2 Å². The minimum Gasteiger partial charge on any atom is -0.486 e. The zero-order valence-corrected chi connectivity index (χ0v) is 16.7. The maximum atomic E-state index is 11.3. The second-order valence-electron chi connectivity index (χ2n) is 8.47. The predicted molar refractivity (Wildman–Crippen MR) is 107 cm³/mol. The van der Waals surface area contributed by atoms with E-state index in [0.717, 1.165) is 23.6 Å². The lowest BCUT2D eigenvalue weighted by Gasteiger charge is -2.44. The number of carbonyl (C=O) groups excluding carboxylic acids is 1. The number of benzene rings is 1. The molecule has 1 aliphatic carbocycles. The summed E-state index contributed by atoms with van der Waals surface area (Å²) in [5.74, 6) is 3.29. The Morgan fingerprint density at radius 2 is 1.88 bits per heavy atom. The van der Waals surface area contributed by atoms with Crippen LogP contribution < -0.4 is 4.74 Å². The zero-order valence-electron chi connectivity index (χ0n) is 16.7. The molecular formula is C23H35NO2. The van der Waals surface area contributed by atoms with Crippen LogP contribution in [0.5, 0.6) is 5.75 Å². The van der Waals surface area contributed by atoms with E-state index in [1.54, 1.807) is 6.92 Å². The molecule has 0 unspecified atom stereocenters. The highest BCUT2D eigenvalue weighted by molar-refractivity contribution is 5.77. The molecule has 0 amide bonds. The number of para-hydroxylation sites is 1. The molecule has 26 heavy (non-hydrogen) atoms. The lowest BCUT2D eigenvalue weighted by Crippen LogP contribution is -2.47. The van der Waals surface area contributed by atoms with Gasteiger partial charge in [-0.3, -0.25) is 4.79 Å². The highest BCUT2D eigenvalue weighted by Crippen LogP contribution is 2.39. The Balaban J connectivity index is 1.61. The molecule has 3 heteroatoms. The zero-order chi connectivity index (χ0) is 18.5. The molecule has 2 aliphatic rings. The molecule has 0 spiro atoms. The van der Waals surface area contributed by atoms with E-state index in [-0.39, 0.29) is 12.4 Å². The van der Waals surface area contributed by atoms with Crippen molar-refractivity contribution < 1.29 is 9.53 Å². The number of ketones is 1. The minimum absolute atomic E-state index is 0.0754. The number of carbonyl (C=O) groups is 1. The van der Waals surface area contributed by atoms with Crippen molar-refractivity contribution in [1.82, 2.24) is 4.90 Å². The second-order valence-corrected chi connectivity index (χ2v) is 8.47.